The predicted octanol–water partition coefficient (Wildman–Crippen LogP) is 3.87. The first kappa shape index (κ1) is 12.5. The van der Waals surface area contributed by atoms with Gasteiger partial charge in [-0.25, -0.2) is 14.4 Å². The van der Waals surface area contributed by atoms with Crippen molar-refractivity contribution in [2.75, 3.05) is 11.9 Å². The first-order valence-electron chi connectivity index (χ1n) is 6.55. The van der Waals surface area contributed by atoms with Crippen molar-refractivity contribution in [3.05, 3.63) is 54.3 Å². The molecule has 3 nitrogen and oxygen atoms in total. The van der Waals surface area contributed by atoms with E-state index >= 15 is 0 Å². The monoisotopic (exact) mass is 267 g/mol. The minimum Gasteiger partial charge on any atom is -0.370 e. The quantitative estimate of drug-likeness (QED) is 0.782. The van der Waals surface area contributed by atoms with E-state index in [9.17, 15) is 4.39 Å². The zero-order valence-corrected chi connectivity index (χ0v) is 11.1. The van der Waals surface area contributed by atoms with E-state index in [-0.39, 0.29) is 5.82 Å². The van der Waals surface area contributed by atoms with Crippen molar-refractivity contribution in [3.8, 4) is 11.4 Å². The van der Waals surface area contributed by atoms with Gasteiger partial charge in [0.15, 0.2) is 5.82 Å². The van der Waals surface area contributed by atoms with E-state index in [0.29, 0.717) is 11.4 Å². The highest BCUT2D eigenvalue weighted by atomic mass is 19.1. The molecule has 100 valence electrons. The third-order valence-electron chi connectivity index (χ3n) is 3.06. The van der Waals surface area contributed by atoms with Crippen LogP contribution in [0.15, 0.2) is 48.5 Å². The van der Waals surface area contributed by atoms with Crippen LogP contribution in [0.4, 0.5) is 10.2 Å². The van der Waals surface area contributed by atoms with Gasteiger partial charge in [-0.2, -0.15) is 0 Å². The summed E-state index contributed by atoms with van der Waals surface area (Å²) in [5.74, 6) is 0.819. The molecule has 0 aliphatic heterocycles. The molecule has 20 heavy (non-hydrogen) atoms. The fourth-order valence-corrected chi connectivity index (χ4v) is 2.14. The van der Waals surface area contributed by atoms with Crippen LogP contribution >= 0.6 is 0 Å². The fraction of sp³-hybridized carbons (Fsp3) is 0.125. The van der Waals surface area contributed by atoms with Gasteiger partial charge in [-0.05, 0) is 31.2 Å². The first-order chi connectivity index (χ1) is 9.79. The normalized spacial score (nSPS) is 10.7. The van der Waals surface area contributed by atoms with Gasteiger partial charge >= 0.3 is 0 Å². The minimum absolute atomic E-state index is 0.315. The number of aromatic nitrogens is 2. The molecule has 0 aliphatic rings. The van der Waals surface area contributed by atoms with Crippen molar-refractivity contribution in [3.63, 3.8) is 0 Å². The largest absolute Gasteiger partial charge is 0.370 e. The van der Waals surface area contributed by atoms with Gasteiger partial charge in [0.05, 0.1) is 11.1 Å². The number of rotatable bonds is 3. The van der Waals surface area contributed by atoms with E-state index in [0.717, 1.165) is 23.3 Å². The lowest BCUT2D eigenvalue weighted by Gasteiger charge is -2.09. The lowest BCUT2D eigenvalue weighted by molar-refractivity contribution is 0.630. The molecule has 0 bridgehead atoms. The van der Waals surface area contributed by atoms with Gasteiger partial charge in [0.2, 0.25) is 0 Å². The Bertz CT molecular complexity index is 756. The van der Waals surface area contributed by atoms with Crippen LogP contribution in [0.25, 0.3) is 22.3 Å². The summed E-state index contributed by atoms with van der Waals surface area (Å²) >= 11 is 0. The third-order valence-corrected chi connectivity index (χ3v) is 3.06. The molecule has 3 aromatic rings. The van der Waals surface area contributed by atoms with Crippen molar-refractivity contribution < 1.29 is 4.39 Å². The lowest BCUT2D eigenvalue weighted by Crippen LogP contribution is -2.03. The number of nitrogens with zero attached hydrogens (tertiary/aromatic N) is 2. The Morgan fingerprint density at radius 2 is 1.75 bits per heavy atom. The summed E-state index contributed by atoms with van der Waals surface area (Å²) in [6.07, 6.45) is 0. The van der Waals surface area contributed by atoms with Crippen molar-refractivity contribution >= 4 is 16.7 Å². The average Bonchev–Trinajstić information content (AvgIpc) is 2.48. The number of hydrogen-bond donors (Lipinski definition) is 1. The molecule has 3 rings (SSSR count). The summed E-state index contributed by atoms with van der Waals surface area (Å²) in [5, 5.41) is 4.15. The number of fused-ring (bicyclic) bond motifs is 1. The van der Waals surface area contributed by atoms with Crippen molar-refractivity contribution in [1.29, 1.82) is 0 Å². The van der Waals surface area contributed by atoms with Crippen LogP contribution in [0.1, 0.15) is 6.92 Å². The zero-order chi connectivity index (χ0) is 13.9. The van der Waals surface area contributed by atoms with E-state index in [1.165, 1.54) is 6.07 Å². The number of nitrogens with one attached hydrogen (secondary N) is 1. The molecule has 1 heterocycles. The van der Waals surface area contributed by atoms with Gasteiger partial charge in [-0.1, -0.05) is 24.3 Å². The smallest absolute Gasteiger partial charge is 0.165 e. The molecule has 0 atom stereocenters. The second-order valence-electron chi connectivity index (χ2n) is 4.42. The minimum atomic E-state index is -0.315. The van der Waals surface area contributed by atoms with E-state index in [1.54, 1.807) is 18.2 Å². The van der Waals surface area contributed by atoms with Crippen LogP contribution in [0.5, 0.6) is 0 Å². The average molecular weight is 267 g/mol. The molecule has 0 amide bonds. The fourth-order valence-electron chi connectivity index (χ4n) is 2.14. The van der Waals surface area contributed by atoms with Crippen LogP contribution in [0, 0.1) is 5.82 Å². The topological polar surface area (TPSA) is 37.8 Å². The maximum atomic E-state index is 13.9. The first-order valence-corrected chi connectivity index (χ1v) is 6.55. The summed E-state index contributed by atoms with van der Waals surface area (Å²) in [5.41, 5.74) is 1.22. The Morgan fingerprint density at radius 1 is 1.00 bits per heavy atom. The Balaban J connectivity index is 2.25. The number of benzene rings is 2. The number of anilines is 1. The van der Waals surface area contributed by atoms with Gasteiger partial charge in [0.1, 0.15) is 11.6 Å². The molecule has 0 saturated heterocycles. The van der Waals surface area contributed by atoms with Crippen LogP contribution in [0.2, 0.25) is 0 Å². The molecule has 1 aromatic heterocycles. The second-order valence-corrected chi connectivity index (χ2v) is 4.42. The predicted molar refractivity (Wildman–Crippen MR) is 79.1 cm³/mol. The second kappa shape index (κ2) is 5.25. The Labute approximate surface area is 116 Å². The molecule has 4 heteroatoms. The van der Waals surface area contributed by atoms with E-state index in [4.69, 9.17) is 0 Å². The summed E-state index contributed by atoms with van der Waals surface area (Å²) in [4.78, 5) is 8.92. The van der Waals surface area contributed by atoms with Crippen molar-refractivity contribution in [2.24, 2.45) is 0 Å². The Hall–Kier alpha value is -2.49. The highest BCUT2D eigenvalue weighted by Gasteiger charge is 2.11. The SMILES string of the molecule is CCNc1nc(-c2ccccc2F)nc2ccccc12. The summed E-state index contributed by atoms with van der Waals surface area (Å²) < 4.78 is 13.9. The standard InChI is InChI=1S/C16H14FN3/c1-2-18-15-12-8-4-6-10-14(12)19-16(20-15)11-7-3-5-9-13(11)17/h3-10H,2H2,1H3,(H,18,19,20). The van der Waals surface area contributed by atoms with Gasteiger partial charge in [0, 0.05) is 11.9 Å². The van der Waals surface area contributed by atoms with E-state index in [1.807, 2.05) is 31.2 Å². The summed E-state index contributed by atoms with van der Waals surface area (Å²) in [6, 6.07) is 14.3. The molecular formula is C16H14FN3. The van der Waals surface area contributed by atoms with Gasteiger partial charge in [-0.15, -0.1) is 0 Å². The van der Waals surface area contributed by atoms with E-state index < -0.39 is 0 Å². The van der Waals surface area contributed by atoms with Crippen LogP contribution < -0.4 is 5.32 Å². The Kier molecular flexibility index (Phi) is 3.29. The summed E-state index contributed by atoms with van der Waals surface area (Å²) in [6.45, 7) is 2.75. The number of halogens is 1. The number of para-hydroxylation sites is 1. The van der Waals surface area contributed by atoms with Crippen molar-refractivity contribution in [1.82, 2.24) is 9.97 Å². The van der Waals surface area contributed by atoms with Crippen LogP contribution in [0.3, 0.4) is 0 Å². The highest BCUT2D eigenvalue weighted by Crippen LogP contribution is 2.26. The zero-order valence-electron chi connectivity index (χ0n) is 11.1. The number of hydrogen-bond acceptors (Lipinski definition) is 3. The van der Waals surface area contributed by atoms with Gasteiger partial charge in [0.25, 0.3) is 0 Å². The third kappa shape index (κ3) is 2.20. The molecule has 2 aromatic carbocycles. The molecule has 0 fully saturated rings. The molecule has 1 N–H and O–H groups in total. The maximum absolute atomic E-state index is 13.9. The van der Waals surface area contributed by atoms with Gasteiger partial charge < -0.3 is 5.32 Å². The van der Waals surface area contributed by atoms with E-state index in [2.05, 4.69) is 15.3 Å². The molecule has 0 saturated carbocycles. The molecule has 0 unspecified atom stereocenters. The van der Waals surface area contributed by atoms with Gasteiger partial charge in [-0.3, -0.25) is 0 Å². The van der Waals surface area contributed by atoms with Crippen LogP contribution in [-0.2, 0) is 0 Å². The highest BCUT2D eigenvalue weighted by molar-refractivity contribution is 5.90. The molecular weight excluding hydrogens is 253 g/mol. The Morgan fingerprint density at radius 3 is 2.55 bits per heavy atom. The maximum Gasteiger partial charge on any atom is 0.165 e. The van der Waals surface area contributed by atoms with Crippen molar-refractivity contribution in [2.45, 2.75) is 6.92 Å². The molecule has 0 radical (unpaired) electrons. The lowest BCUT2D eigenvalue weighted by atomic mass is 10.1. The molecule has 0 spiro atoms. The summed E-state index contributed by atoms with van der Waals surface area (Å²) in [7, 11) is 0. The molecule has 0 aliphatic carbocycles. The van der Waals surface area contributed by atoms with Crippen LogP contribution in [-0.4, -0.2) is 16.5 Å².